The number of nitrogens with one attached hydrogen (secondary N) is 1. The van der Waals surface area contributed by atoms with Gasteiger partial charge in [0.25, 0.3) is 5.91 Å². The van der Waals surface area contributed by atoms with Gasteiger partial charge in [-0.05, 0) is 38.5 Å². The van der Waals surface area contributed by atoms with Crippen LogP contribution < -0.4 is 15.4 Å². The van der Waals surface area contributed by atoms with Crippen LogP contribution in [0.25, 0.3) is 0 Å². The van der Waals surface area contributed by atoms with Crippen LogP contribution >= 0.6 is 0 Å². The van der Waals surface area contributed by atoms with Crippen molar-refractivity contribution >= 4 is 11.6 Å². The Kier molecular flexibility index (Phi) is 5.77. The van der Waals surface area contributed by atoms with Crippen LogP contribution in [-0.2, 0) is 4.79 Å². The highest BCUT2D eigenvalue weighted by molar-refractivity contribution is 5.95. The van der Waals surface area contributed by atoms with E-state index >= 15 is 0 Å². The van der Waals surface area contributed by atoms with Crippen LogP contribution in [0.15, 0.2) is 48.5 Å². The van der Waals surface area contributed by atoms with E-state index in [4.69, 9.17) is 4.74 Å². The van der Waals surface area contributed by atoms with E-state index in [2.05, 4.69) is 29.7 Å². The number of quaternary nitrogens is 1. The van der Waals surface area contributed by atoms with Crippen LogP contribution in [-0.4, -0.2) is 19.1 Å². The first-order valence-electron chi connectivity index (χ1n) is 7.86. The molecule has 4 nitrogen and oxygen atoms in total. The summed E-state index contributed by atoms with van der Waals surface area (Å²) < 4.78 is 5.31. The summed E-state index contributed by atoms with van der Waals surface area (Å²) in [6.45, 7) is 6.01. The van der Waals surface area contributed by atoms with Crippen LogP contribution in [0.1, 0.15) is 31.0 Å². The summed E-state index contributed by atoms with van der Waals surface area (Å²) in [7, 11) is 1.60. The molecule has 0 aromatic heterocycles. The molecule has 0 aliphatic carbocycles. The van der Waals surface area contributed by atoms with Gasteiger partial charge in [-0.2, -0.15) is 0 Å². The van der Waals surface area contributed by atoms with E-state index < -0.39 is 0 Å². The Balaban J connectivity index is 2.02. The second-order valence-corrected chi connectivity index (χ2v) is 5.87. The summed E-state index contributed by atoms with van der Waals surface area (Å²) >= 11 is 0. The van der Waals surface area contributed by atoms with Gasteiger partial charge in [0, 0.05) is 5.56 Å². The van der Waals surface area contributed by atoms with Crippen LogP contribution in [0.5, 0.6) is 5.75 Å². The summed E-state index contributed by atoms with van der Waals surface area (Å²) in [5, 5.41) is 5.03. The molecule has 2 aromatic rings. The third kappa shape index (κ3) is 4.57. The summed E-state index contributed by atoms with van der Waals surface area (Å²) in [6, 6.07) is 16.0. The number of anilines is 1. The highest BCUT2D eigenvalue weighted by atomic mass is 16.5. The Bertz CT molecular complexity index is 656. The minimum atomic E-state index is -0.199. The van der Waals surface area contributed by atoms with Crippen molar-refractivity contribution in [3.63, 3.8) is 0 Å². The average molecular weight is 313 g/mol. The molecule has 1 amide bonds. The van der Waals surface area contributed by atoms with E-state index in [1.54, 1.807) is 7.11 Å². The van der Waals surface area contributed by atoms with E-state index in [9.17, 15) is 4.79 Å². The first-order chi connectivity index (χ1) is 11.0. The van der Waals surface area contributed by atoms with Gasteiger partial charge in [0.05, 0.1) is 12.8 Å². The molecule has 0 aliphatic rings. The van der Waals surface area contributed by atoms with Crippen molar-refractivity contribution in [2.45, 2.75) is 32.9 Å². The number of carbonyl (C=O) groups excluding carboxylic acids is 1. The second-order valence-electron chi connectivity index (χ2n) is 5.87. The molecule has 0 saturated carbocycles. The van der Waals surface area contributed by atoms with E-state index in [0.29, 0.717) is 11.4 Å². The van der Waals surface area contributed by atoms with E-state index in [1.165, 1.54) is 5.56 Å². The topological polar surface area (TPSA) is 54.9 Å². The number of nitrogens with two attached hydrogens (primary N) is 1. The fourth-order valence-corrected chi connectivity index (χ4v) is 2.55. The quantitative estimate of drug-likeness (QED) is 0.861. The smallest absolute Gasteiger partial charge is 0.282 e. The molecule has 0 radical (unpaired) electrons. The number of hydrogen-bond donors (Lipinski definition) is 2. The van der Waals surface area contributed by atoms with E-state index in [-0.39, 0.29) is 18.0 Å². The number of ether oxygens (including phenoxy) is 1. The van der Waals surface area contributed by atoms with Crippen LogP contribution in [0.4, 0.5) is 5.69 Å². The van der Waals surface area contributed by atoms with Gasteiger partial charge in [0.2, 0.25) is 0 Å². The van der Waals surface area contributed by atoms with E-state index in [0.717, 1.165) is 5.56 Å². The first kappa shape index (κ1) is 17.0. The summed E-state index contributed by atoms with van der Waals surface area (Å²) in [4.78, 5) is 12.5. The zero-order chi connectivity index (χ0) is 16.8. The number of rotatable bonds is 6. The Morgan fingerprint density at radius 1 is 1.13 bits per heavy atom. The molecule has 0 fully saturated rings. The predicted molar refractivity (Wildman–Crippen MR) is 92.6 cm³/mol. The molecule has 4 heteroatoms. The highest BCUT2D eigenvalue weighted by Gasteiger charge is 2.21. The Morgan fingerprint density at radius 2 is 1.83 bits per heavy atom. The molecule has 2 aromatic carbocycles. The standard InChI is InChI=1S/C19H24N2O2/c1-13-10-11-18(23-4)17(12-13)21-19(22)15(3)20-14(2)16-8-6-5-7-9-16/h5-12,14-15,20H,1-4H3,(H,21,22)/p+1/t14-,15+/m1/s1. The molecule has 0 unspecified atom stereocenters. The Hall–Kier alpha value is -2.33. The SMILES string of the molecule is COc1ccc(C)cc1NC(=O)[C@H](C)[NH2+][C@H](C)c1ccccc1. The van der Waals surface area contributed by atoms with Gasteiger partial charge in [0.1, 0.15) is 11.8 Å². The van der Waals surface area contributed by atoms with Crippen molar-refractivity contribution in [2.75, 3.05) is 12.4 Å². The van der Waals surface area contributed by atoms with Crippen LogP contribution in [0, 0.1) is 6.92 Å². The fourth-order valence-electron chi connectivity index (χ4n) is 2.55. The number of hydrogen-bond acceptors (Lipinski definition) is 2. The van der Waals surface area contributed by atoms with Crippen molar-refractivity contribution in [1.29, 1.82) is 0 Å². The van der Waals surface area contributed by atoms with Gasteiger partial charge < -0.3 is 15.4 Å². The van der Waals surface area contributed by atoms with Gasteiger partial charge in [-0.25, -0.2) is 0 Å². The summed E-state index contributed by atoms with van der Waals surface area (Å²) in [5.41, 5.74) is 3.00. The third-order valence-electron chi connectivity index (χ3n) is 3.93. The third-order valence-corrected chi connectivity index (χ3v) is 3.93. The number of benzene rings is 2. The fraction of sp³-hybridized carbons (Fsp3) is 0.316. The van der Waals surface area contributed by atoms with Gasteiger partial charge in [-0.1, -0.05) is 36.4 Å². The maximum atomic E-state index is 12.5. The van der Waals surface area contributed by atoms with Gasteiger partial charge in [0.15, 0.2) is 6.04 Å². The maximum absolute atomic E-state index is 12.5. The molecule has 2 atom stereocenters. The molecule has 23 heavy (non-hydrogen) atoms. The maximum Gasteiger partial charge on any atom is 0.282 e. The monoisotopic (exact) mass is 313 g/mol. The average Bonchev–Trinajstić information content (AvgIpc) is 2.55. The highest BCUT2D eigenvalue weighted by Crippen LogP contribution is 2.25. The van der Waals surface area contributed by atoms with Gasteiger partial charge in [-0.15, -0.1) is 0 Å². The zero-order valence-corrected chi connectivity index (χ0v) is 14.2. The molecule has 0 aliphatic heterocycles. The molecule has 2 rings (SSSR count). The van der Waals surface area contributed by atoms with E-state index in [1.807, 2.05) is 50.2 Å². The molecule has 0 heterocycles. The second kappa shape index (κ2) is 7.79. The number of amides is 1. The minimum absolute atomic E-state index is 0.0309. The lowest BCUT2D eigenvalue weighted by Crippen LogP contribution is -2.91. The van der Waals surface area contributed by atoms with Crippen LogP contribution in [0.2, 0.25) is 0 Å². The molecular formula is C19H25N2O2+. The molecule has 0 bridgehead atoms. The van der Waals surface area contributed by atoms with Crippen molar-refractivity contribution in [1.82, 2.24) is 0 Å². The Morgan fingerprint density at radius 3 is 2.48 bits per heavy atom. The van der Waals surface area contributed by atoms with Crippen molar-refractivity contribution in [3.05, 3.63) is 59.7 Å². The molecule has 122 valence electrons. The lowest BCUT2D eigenvalue weighted by Gasteiger charge is -2.18. The lowest BCUT2D eigenvalue weighted by molar-refractivity contribution is -0.709. The van der Waals surface area contributed by atoms with Gasteiger partial charge in [-0.3, -0.25) is 4.79 Å². The van der Waals surface area contributed by atoms with Gasteiger partial charge >= 0.3 is 0 Å². The van der Waals surface area contributed by atoms with Crippen molar-refractivity contribution < 1.29 is 14.8 Å². The summed E-state index contributed by atoms with van der Waals surface area (Å²) in [6.07, 6.45) is 0. The predicted octanol–water partition coefficient (Wildman–Crippen LogP) is 2.66. The Labute approximate surface area is 137 Å². The molecular weight excluding hydrogens is 288 g/mol. The molecule has 3 N–H and O–H groups in total. The zero-order valence-electron chi connectivity index (χ0n) is 14.2. The minimum Gasteiger partial charge on any atom is -0.495 e. The number of aryl methyl sites for hydroxylation is 1. The largest absolute Gasteiger partial charge is 0.495 e. The number of methoxy groups -OCH3 is 1. The molecule has 0 saturated heterocycles. The van der Waals surface area contributed by atoms with Crippen molar-refractivity contribution in [3.8, 4) is 5.75 Å². The number of carbonyl (C=O) groups is 1. The first-order valence-corrected chi connectivity index (χ1v) is 7.86. The normalized spacial score (nSPS) is 13.2. The molecule has 0 spiro atoms. The van der Waals surface area contributed by atoms with Crippen LogP contribution in [0.3, 0.4) is 0 Å². The summed E-state index contributed by atoms with van der Waals surface area (Å²) in [5.74, 6) is 0.643. The lowest BCUT2D eigenvalue weighted by atomic mass is 10.1. The van der Waals surface area contributed by atoms with Crippen molar-refractivity contribution in [2.24, 2.45) is 0 Å².